The van der Waals surface area contributed by atoms with E-state index in [1.807, 2.05) is 36.4 Å². The molecule has 1 fully saturated rings. The first kappa shape index (κ1) is 18.6. The summed E-state index contributed by atoms with van der Waals surface area (Å²) in [6.07, 6.45) is 0.197. The van der Waals surface area contributed by atoms with E-state index in [1.54, 1.807) is 35.0 Å². The Labute approximate surface area is 158 Å². The van der Waals surface area contributed by atoms with Crippen molar-refractivity contribution in [1.82, 2.24) is 4.90 Å². The molecule has 6 heteroatoms. The highest BCUT2D eigenvalue weighted by Gasteiger charge is 2.36. The molecule has 0 saturated carbocycles. The van der Waals surface area contributed by atoms with Crippen LogP contribution in [0.2, 0.25) is 0 Å². The van der Waals surface area contributed by atoms with Crippen molar-refractivity contribution in [2.75, 3.05) is 23.8 Å². The van der Waals surface area contributed by atoms with Gasteiger partial charge in [-0.15, -0.1) is 0 Å². The second-order valence-corrected chi connectivity index (χ2v) is 6.82. The number of amides is 3. The number of carbonyl (C=O) groups is 3. The van der Waals surface area contributed by atoms with Crippen molar-refractivity contribution in [3.63, 3.8) is 0 Å². The van der Waals surface area contributed by atoms with E-state index in [0.29, 0.717) is 24.5 Å². The molecule has 0 radical (unpaired) electrons. The predicted octanol–water partition coefficient (Wildman–Crippen LogP) is 2.66. The second-order valence-electron chi connectivity index (χ2n) is 6.82. The minimum Gasteiger partial charge on any atom is -0.341 e. The summed E-state index contributed by atoms with van der Waals surface area (Å²) in [5.41, 5.74) is 2.37. The van der Waals surface area contributed by atoms with Gasteiger partial charge in [0.15, 0.2) is 0 Å². The fraction of sp³-hybridized carbons (Fsp3) is 0.286. The fourth-order valence-electron chi connectivity index (χ4n) is 3.32. The standard InChI is InChI=1S/C21H23N3O3/c1-15(25)22-18-9-6-10-19(12-18)24-14-17(11-20(24)26)21(27)23(2)13-16-7-4-3-5-8-16/h3-10,12,17H,11,13-14H2,1-2H3,(H,22,25). The number of hydrogen-bond acceptors (Lipinski definition) is 3. The summed E-state index contributed by atoms with van der Waals surface area (Å²) in [4.78, 5) is 39.8. The lowest BCUT2D eigenvalue weighted by molar-refractivity contribution is -0.135. The van der Waals surface area contributed by atoms with Crippen molar-refractivity contribution in [3.05, 3.63) is 60.2 Å². The molecular formula is C21H23N3O3. The third-order valence-electron chi connectivity index (χ3n) is 4.59. The third kappa shape index (κ3) is 4.53. The van der Waals surface area contributed by atoms with Gasteiger partial charge in [-0.05, 0) is 23.8 Å². The molecule has 3 rings (SSSR count). The molecule has 1 heterocycles. The molecule has 1 aliphatic heterocycles. The van der Waals surface area contributed by atoms with E-state index in [2.05, 4.69) is 5.32 Å². The Bertz CT molecular complexity index is 851. The first-order valence-corrected chi connectivity index (χ1v) is 8.91. The predicted molar refractivity (Wildman–Crippen MR) is 104 cm³/mol. The van der Waals surface area contributed by atoms with Crippen LogP contribution in [0, 0.1) is 5.92 Å². The van der Waals surface area contributed by atoms with Crippen LogP contribution in [0.1, 0.15) is 18.9 Å². The quantitative estimate of drug-likeness (QED) is 0.886. The molecule has 1 atom stereocenters. The molecule has 6 nitrogen and oxygen atoms in total. The van der Waals surface area contributed by atoms with Gasteiger partial charge in [-0.3, -0.25) is 14.4 Å². The fourth-order valence-corrected chi connectivity index (χ4v) is 3.32. The van der Waals surface area contributed by atoms with Crippen molar-refractivity contribution in [2.24, 2.45) is 5.92 Å². The number of benzene rings is 2. The Morgan fingerprint density at radius 2 is 1.89 bits per heavy atom. The van der Waals surface area contributed by atoms with Crippen LogP contribution in [0.3, 0.4) is 0 Å². The minimum atomic E-state index is -0.365. The molecule has 0 bridgehead atoms. The highest BCUT2D eigenvalue weighted by molar-refractivity contribution is 6.01. The van der Waals surface area contributed by atoms with Gasteiger partial charge in [0.2, 0.25) is 17.7 Å². The van der Waals surface area contributed by atoms with E-state index in [1.165, 1.54) is 6.92 Å². The molecule has 0 spiro atoms. The molecule has 0 aliphatic carbocycles. The number of nitrogens with zero attached hydrogens (tertiary/aromatic N) is 2. The lowest BCUT2D eigenvalue weighted by Gasteiger charge is -2.22. The molecule has 1 aliphatic rings. The maximum atomic E-state index is 12.8. The van der Waals surface area contributed by atoms with E-state index in [4.69, 9.17) is 0 Å². The molecule has 3 amide bonds. The van der Waals surface area contributed by atoms with Gasteiger partial charge < -0.3 is 15.1 Å². The number of anilines is 2. The van der Waals surface area contributed by atoms with Gasteiger partial charge in [-0.1, -0.05) is 36.4 Å². The first-order valence-electron chi connectivity index (χ1n) is 8.91. The van der Waals surface area contributed by atoms with Crippen LogP contribution < -0.4 is 10.2 Å². The molecule has 140 valence electrons. The molecule has 1 saturated heterocycles. The molecule has 0 aromatic heterocycles. The summed E-state index contributed by atoms with van der Waals surface area (Å²) in [6.45, 7) is 2.30. The van der Waals surface area contributed by atoms with Crippen molar-refractivity contribution in [3.8, 4) is 0 Å². The Balaban J connectivity index is 1.68. The molecule has 2 aromatic carbocycles. The number of nitrogens with one attached hydrogen (secondary N) is 1. The molecule has 27 heavy (non-hydrogen) atoms. The highest BCUT2D eigenvalue weighted by Crippen LogP contribution is 2.28. The number of carbonyl (C=O) groups excluding carboxylic acids is 3. The summed E-state index contributed by atoms with van der Waals surface area (Å²) < 4.78 is 0. The van der Waals surface area contributed by atoms with Crippen LogP contribution in [0.4, 0.5) is 11.4 Å². The van der Waals surface area contributed by atoms with Crippen molar-refractivity contribution in [1.29, 1.82) is 0 Å². The van der Waals surface area contributed by atoms with E-state index in [9.17, 15) is 14.4 Å². The zero-order chi connectivity index (χ0) is 19.4. The topological polar surface area (TPSA) is 69.7 Å². The maximum Gasteiger partial charge on any atom is 0.228 e. The van der Waals surface area contributed by atoms with E-state index in [0.717, 1.165) is 5.56 Å². The Morgan fingerprint density at radius 3 is 2.59 bits per heavy atom. The van der Waals surface area contributed by atoms with Crippen LogP contribution in [-0.2, 0) is 20.9 Å². The van der Waals surface area contributed by atoms with Crippen LogP contribution in [0.25, 0.3) is 0 Å². The Kier molecular flexibility index (Phi) is 5.54. The molecule has 2 aromatic rings. The van der Waals surface area contributed by atoms with Gasteiger partial charge in [0.25, 0.3) is 0 Å². The van der Waals surface area contributed by atoms with E-state index >= 15 is 0 Å². The molecule has 1 N–H and O–H groups in total. The van der Waals surface area contributed by atoms with Gasteiger partial charge in [-0.25, -0.2) is 0 Å². The van der Waals surface area contributed by atoms with Crippen LogP contribution in [0.15, 0.2) is 54.6 Å². The summed E-state index contributed by atoms with van der Waals surface area (Å²) in [6, 6.07) is 16.9. The summed E-state index contributed by atoms with van der Waals surface area (Å²) in [7, 11) is 1.76. The van der Waals surface area contributed by atoms with Gasteiger partial charge in [0, 0.05) is 44.9 Å². The normalized spacial score (nSPS) is 16.3. The lowest BCUT2D eigenvalue weighted by Crippen LogP contribution is -2.34. The minimum absolute atomic E-state index is 0.0345. The molecule has 1 unspecified atom stereocenters. The largest absolute Gasteiger partial charge is 0.341 e. The third-order valence-corrected chi connectivity index (χ3v) is 4.59. The lowest BCUT2D eigenvalue weighted by atomic mass is 10.1. The summed E-state index contributed by atoms with van der Waals surface area (Å²) in [5, 5.41) is 2.71. The Hall–Kier alpha value is -3.15. The number of rotatable bonds is 5. The Morgan fingerprint density at radius 1 is 1.15 bits per heavy atom. The summed E-state index contributed by atoms with van der Waals surface area (Å²) in [5.74, 6) is -0.653. The first-order chi connectivity index (χ1) is 12.9. The van der Waals surface area contributed by atoms with Crippen LogP contribution in [0.5, 0.6) is 0 Å². The van der Waals surface area contributed by atoms with Crippen LogP contribution >= 0.6 is 0 Å². The second kappa shape index (κ2) is 8.03. The maximum absolute atomic E-state index is 12.8. The van der Waals surface area contributed by atoms with Crippen molar-refractivity contribution in [2.45, 2.75) is 19.9 Å². The smallest absolute Gasteiger partial charge is 0.228 e. The van der Waals surface area contributed by atoms with E-state index in [-0.39, 0.29) is 30.1 Å². The van der Waals surface area contributed by atoms with Gasteiger partial charge in [-0.2, -0.15) is 0 Å². The highest BCUT2D eigenvalue weighted by atomic mass is 16.2. The van der Waals surface area contributed by atoms with Gasteiger partial charge >= 0.3 is 0 Å². The van der Waals surface area contributed by atoms with Crippen molar-refractivity contribution < 1.29 is 14.4 Å². The van der Waals surface area contributed by atoms with Crippen LogP contribution in [-0.4, -0.2) is 36.2 Å². The van der Waals surface area contributed by atoms with E-state index < -0.39 is 0 Å². The molecular weight excluding hydrogens is 342 g/mol. The zero-order valence-corrected chi connectivity index (χ0v) is 15.5. The monoisotopic (exact) mass is 365 g/mol. The van der Waals surface area contributed by atoms with Gasteiger partial charge in [0.1, 0.15) is 0 Å². The van der Waals surface area contributed by atoms with Crippen molar-refractivity contribution >= 4 is 29.1 Å². The SMILES string of the molecule is CC(=O)Nc1cccc(N2CC(C(=O)N(C)Cc3ccccc3)CC2=O)c1. The summed E-state index contributed by atoms with van der Waals surface area (Å²) >= 11 is 0. The van der Waals surface area contributed by atoms with Gasteiger partial charge in [0.05, 0.1) is 5.92 Å². The average Bonchev–Trinajstić information content (AvgIpc) is 3.03. The average molecular weight is 365 g/mol. The number of hydrogen-bond donors (Lipinski definition) is 1. The zero-order valence-electron chi connectivity index (χ0n) is 15.5.